The summed E-state index contributed by atoms with van der Waals surface area (Å²) in [6.07, 6.45) is 0. The number of aryl methyl sites for hydroxylation is 1. The van der Waals surface area contributed by atoms with Gasteiger partial charge in [0.1, 0.15) is 0 Å². The molecule has 2 nitrogen and oxygen atoms in total. The van der Waals surface area contributed by atoms with Crippen LogP contribution in [0.5, 0.6) is 0 Å². The smallest absolute Gasteiger partial charge is 0.0636 e. The summed E-state index contributed by atoms with van der Waals surface area (Å²) in [7, 11) is 1.60. The first kappa shape index (κ1) is 11.0. The Morgan fingerprint density at radius 3 is 2.00 bits per heavy atom. The number of benzene rings is 1. The van der Waals surface area contributed by atoms with Crippen LogP contribution in [-0.2, 0) is 4.84 Å². The molecule has 1 aromatic carbocycles. The molecule has 0 bridgehead atoms. The Morgan fingerprint density at radius 1 is 1.08 bits per heavy atom. The van der Waals surface area contributed by atoms with Gasteiger partial charge in [0.15, 0.2) is 0 Å². The van der Waals surface area contributed by atoms with Gasteiger partial charge in [-0.15, -0.1) is 0 Å². The molecule has 12 heavy (non-hydrogen) atoms. The van der Waals surface area contributed by atoms with Crippen LogP contribution < -0.4 is 5.48 Å². The fourth-order valence-corrected chi connectivity index (χ4v) is 0.739. The van der Waals surface area contributed by atoms with Gasteiger partial charge in [0, 0.05) is 0 Å². The molecule has 0 saturated carbocycles. The maximum Gasteiger partial charge on any atom is 0.0636 e. The predicted octanol–water partition coefficient (Wildman–Crippen LogP) is 2.99. The zero-order valence-corrected chi connectivity index (χ0v) is 8.22. The normalized spacial score (nSPS) is 8.33. The third kappa shape index (κ3) is 3.98. The second-order valence-electron chi connectivity index (χ2n) is 2.17. The van der Waals surface area contributed by atoms with Gasteiger partial charge in [0.2, 0.25) is 0 Å². The minimum atomic E-state index is 0.980. The standard InChI is InChI=1S/C8H11NO.C2H6/c1-7-3-5-8(6-4-7)9-10-2;1-2/h3-6,9H,1-2H3;1-2H3. The highest BCUT2D eigenvalue weighted by molar-refractivity contribution is 5.42. The van der Waals surface area contributed by atoms with Crippen molar-refractivity contribution in [3.05, 3.63) is 29.8 Å². The van der Waals surface area contributed by atoms with Crippen molar-refractivity contribution >= 4 is 5.69 Å². The summed E-state index contributed by atoms with van der Waals surface area (Å²) in [6, 6.07) is 8.00. The van der Waals surface area contributed by atoms with E-state index >= 15 is 0 Å². The van der Waals surface area contributed by atoms with E-state index in [2.05, 4.69) is 12.4 Å². The van der Waals surface area contributed by atoms with E-state index in [1.54, 1.807) is 7.11 Å². The van der Waals surface area contributed by atoms with E-state index in [4.69, 9.17) is 4.84 Å². The topological polar surface area (TPSA) is 21.3 Å². The van der Waals surface area contributed by atoms with Gasteiger partial charge in [-0.25, -0.2) is 0 Å². The minimum Gasteiger partial charge on any atom is -0.279 e. The van der Waals surface area contributed by atoms with Gasteiger partial charge in [-0.3, -0.25) is 10.3 Å². The Hall–Kier alpha value is -1.02. The van der Waals surface area contributed by atoms with Crippen LogP contribution in [0.25, 0.3) is 0 Å². The molecule has 0 aliphatic rings. The van der Waals surface area contributed by atoms with Gasteiger partial charge in [-0.1, -0.05) is 31.5 Å². The molecule has 68 valence electrons. The number of anilines is 1. The van der Waals surface area contributed by atoms with Crippen molar-refractivity contribution in [2.75, 3.05) is 12.6 Å². The van der Waals surface area contributed by atoms with Crippen LogP contribution in [-0.4, -0.2) is 7.11 Å². The maximum atomic E-state index is 4.72. The Kier molecular flexibility index (Phi) is 6.11. The molecule has 0 atom stereocenters. The molecule has 0 heterocycles. The largest absolute Gasteiger partial charge is 0.279 e. The summed E-state index contributed by atoms with van der Waals surface area (Å²) in [4.78, 5) is 4.72. The third-order valence-electron chi connectivity index (χ3n) is 1.27. The summed E-state index contributed by atoms with van der Waals surface area (Å²) in [6.45, 7) is 6.05. The average Bonchev–Trinajstić information content (AvgIpc) is 2.13. The summed E-state index contributed by atoms with van der Waals surface area (Å²) >= 11 is 0. The van der Waals surface area contributed by atoms with Crippen LogP contribution >= 0.6 is 0 Å². The summed E-state index contributed by atoms with van der Waals surface area (Å²) < 4.78 is 0. The van der Waals surface area contributed by atoms with Crippen LogP contribution in [0.4, 0.5) is 5.69 Å². The van der Waals surface area contributed by atoms with E-state index in [0.29, 0.717) is 0 Å². The molecular formula is C10H17NO. The van der Waals surface area contributed by atoms with E-state index < -0.39 is 0 Å². The van der Waals surface area contributed by atoms with Crippen LogP contribution in [0.2, 0.25) is 0 Å². The van der Waals surface area contributed by atoms with Crippen molar-refractivity contribution in [3.63, 3.8) is 0 Å². The molecule has 1 aromatic rings. The van der Waals surface area contributed by atoms with E-state index in [9.17, 15) is 0 Å². The summed E-state index contributed by atoms with van der Waals surface area (Å²) in [5.74, 6) is 0. The highest BCUT2D eigenvalue weighted by atomic mass is 16.6. The number of hydrogen-bond acceptors (Lipinski definition) is 2. The Balaban J connectivity index is 0.000000561. The fourth-order valence-electron chi connectivity index (χ4n) is 0.739. The monoisotopic (exact) mass is 167 g/mol. The van der Waals surface area contributed by atoms with Gasteiger partial charge < -0.3 is 0 Å². The van der Waals surface area contributed by atoms with Crippen molar-refractivity contribution in [2.24, 2.45) is 0 Å². The van der Waals surface area contributed by atoms with Crippen molar-refractivity contribution in [3.8, 4) is 0 Å². The van der Waals surface area contributed by atoms with Gasteiger partial charge in [0.25, 0.3) is 0 Å². The van der Waals surface area contributed by atoms with Gasteiger partial charge in [0.05, 0.1) is 12.8 Å². The van der Waals surface area contributed by atoms with E-state index in [1.165, 1.54) is 5.56 Å². The van der Waals surface area contributed by atoms with E-state index in [-0.39, 0.29) is 0 Å². The second-order valence-corrected chi connectivity index (χ2v) is 2.17. The number of rotatable bonds is 2. The third-order valence-corrected chi connectivity index (χ3v) is 1.27. The first-order valence-electron chi connectivity index (χ1n) is 4.18. The quantitative estimate of drug-likeness (QED) is 0.684. The Morgan fingerprint density at radius 2 is 1.58 bits per heavy atom. The molecule has 0 aromatic heterocycles. The Labute approximate surface area is 74.5 Å². The summed E-state index contributed by atoms with van der Waals surface area (Å²) in [5, 5.41) is 0. The molecule has 0 amide bonds. The van der Waals surface area contributed by atoms with Crippen molar-refractivity contribution in [1.29, 1.82) is 0 Å². The molecule has 0 spiro atoms. The van der Waals surface area contributed by atoms with Gasteiger partial charge >= 0.3 is 0 Å². The zero-order valence-electron chi connectivity index (χ0n) is 8.22. The fraction of sp³-hybridized carbons (Fsp3) is 0.400. The lowest BCUT2D eigenvalue weighted by atomic mass is 10.2. The van der Waals surface area contributed by atoms with Crippen molar-refractivity contribution in [2.45, 2.75) is 20.8 Å². The highest BCUT2D eigenvalue weighted by Crippen LogP contribution is 2.07. The molecule has 0 aliphatic heterocycles. The predicted molar refractivity (Wildman–Crippen MR) is 53.2 cm³/mol. The van der Waals surface area contributed by atoms with Gasteiger partial charge in [-0.05, 0) is 19.1 Å². The zero-order chi connectivity index (χ0) is 9.40. The molecule has 0 radical (unpaired) electrons. The molecule has 1 N–H and O–H groups in total. The SMILES string of the molecule is CC.CONc1ccc(C)cc1. The van der Waals surface area contributed by atoms with Crippen LogP contribution in [0, 0.1) is 6.92 Å². The van der Waals surface area contributed by atoms with Crippen LogP contribution in [0.3, 0.4) is 0 Å². The van der Waals surface area contributed by atoms with Crippen LogP contribution in [0.15, 0.2) is 24.3 Å². The average molecular weight is 167 g/mol. The lowest BCUT2D eigenvalue weighted by Crippen LogP contribution is -1.94. The van der Waals surface area contributed by atoms with Crippen LogP contribution in [0.1, 0.15) is 19.4 Å². The number of hydrogen-bond donors (Lipinski definition) is 1. The van der Waals surface area contributed by atoms with Crippen molar-refractivity contribution in [1.82, 2.24) is 0 Å². The second kappa shape index (κ2) is 6.68. The van der Waals surface area contributed by atoms with E-state index in [1.807, 2.05) is 38.1 Å². The lowest BCUT2D eigenvalue weighted by molar-refractivity contribution is 0.271. The first-order chi connectivity index (χ1) is 5.83. The van der Waals surface area contributed by atoms with Crippen molar-refractivity contribution < 1.29 is 4.84 Å². The summed E-state index contributed by atoms with van der Waals surface area (Å²) in [5.41, 5.74) is 4.97. The molecule has 0 aliphatic carbocycles. The lowest BCUT2D eigenvalue weighted by Gasteiger charge is -2.01. The molecule has 1 rings (SSSR count). The molecule has 0 fully saturated rings. The minimum absolute atomic E-state index is 0.980. The Bertz CT molecular complexity index is 193. The molecular weight excluding hydrogens is 150 g/mol. The highest BCUT2D eigenvalue weighted by Gasteiger charge is 1.86. The first-order valence-corrected chi connectivity index (χ1v) is 4.18. The van der Waals surface area contributed by atoms with Gasteiger partial charge in [-0.2, -0.15) is 0 Å². The molecule has 0 unspecified atom stereocenters. The maximum absolute atomic E-state index is 4.72. The molecule has 0 saturated heterocycles. The van der Waals surface area contributed by atoms with E-state index in [0.717, 1.165) is 5.69 Å². The molecule has 2 heteroatoms. The number of nitrogens with one attached hydrogen (secondary N) is 1.